The van der Waals surface area contributed by atoms with Crippen LogP contribution in [-0.4, -0.2) is 43.5 Å². The summed E-state index contributed by atoms with van der Waals surface area (Å²) in [5.74, 6) is 2.58. The molecule has 0 saturated heterocycles. The van der Waals surface area contributed by atoms with E-state index in [1.165, 1.54) is 46.5 Å². The molecule has 39 heavy (non-hydrogen) atoms. The van der Waals surface area contributed by atoms with Gasteiger partial charge in [0, 0.05) is 16.7 Å². The maximum absolute atomic E-state index is 13.0. The molecule has 0 unspecified atom stereocenters. The summed E-state index contributed by atoms with van der Waals surface area (Å²) in [6.45, 7) is 3.29. The molecule has 2 aromatic rings. The highest BCUT2D eigenvalue weighted by Crippen LogP contribution is 2.55. The van der Waals surface area contributed by atoms with Gasteiger partial charge in [0.15, 0.2) is 23.4 Å². The van der Waals surface area contributed by atoms with Gasteiger partial charge in [-0.05, 0) is 94.4 Å². The highest BCUT2D eigenvalue weighted by atomic mass is 16.5. The lowest BCUT2D eigenvalue weighted by atomic mass is 9.53. The van der Waals surface area contributed by atoms with Crippen LogP contribution in [0.4, 0.5) is 0 Å². The average Bonchev–Trinajstić information content (AvgIpc) is 2.90. The lowest BCUT2D eigenvalue weighted by Gasteiger charge is -2.57. The number of benzene rings is 2. The van der Waals surface area contributed by atoms with Crippen LogP contribution in [0.3, 0.4) is 0 Å². The van der Waals surface area contributed by atoms with Gasteiger partial charge in [-0.1, -0.05) is 12.1 Å². The molecule has 6 rings (SSSR count). The Hall–Kier alpha value is -3.55. The minimum absolute atomic E-state index is 0.0514. The number of amides is 1. The van der Waals surface area contributed by atoms with Crippen molar-refractivity contribution in [3.63, 3.8) is 0 Å². The molecule has 2 aromatic carbocycles. The molecule has 0 radical (unpaired) electrons. The lowest BCUT2D eigenvalue weighted by Crippen LogP contribution is -2.61. The van der Waals surface area contributed by atoms with Gasteiger partial charge in [-0.15, -0.1) is 0 Å². The molecule has 4 fully saturated rings. The minimum atomic E-state index is -0.905. The molecule has 4 aliphatic rings. The number of ketones is 1. The monoisotopic (exact) mass is 535 g/mol. The molecule has 8 nitrogen and oxygen atoms in total. The van der Waals surface area contributed by atoms with Crippen molar-refractivity contribution in [2.45, 2.75) is 70.6 Å². The second-order valence-electron chi connectivity index (χ2n) is 11.5. The van der Waals surface area contributed by atoms with Gasteiger partial charge in [-0.2, -0.15) is 0 Å². The van der Waals surface area contributed by atoms with E-state index in [2.05, 4.69) is 5.32 Å². The lowest BCUT2D eigenvalue weighted by molar-refractivity contribution is -0.134. The number of carbonyl (C=O) groups excluding carboxylic acids is 3. The van der Waals surface area contributed by atoms with Crippen molar-refractivity contribution in [3.05, 3.63) is 53.1 Å². The number of esters is 1. The number of hydrogen-bond acceptors (Lipinski definition) is 7. The molecular weight excluding hydrogens is 498 g/mol. The van der Waals surface area contributed by atoms with Crippen LogP contribution in [0, 0.1) is 17.8 Å². The Labute approximate surface area is 229 Å². The normalized spacial score (nSPS) is 25.5. The second kappa shape index (κ2) is 10.9. The van der Waals surface area contributed by atoms with Gasteiger partial charge in [0.1, 0.15) is 12.4 Å². The topological polar surface area (TPSA) is 100 Å². The predicted octanol–water partition coefficient (Wildman–Crippen LogP) is 5.12. The number of hydrogen-bond donors (Lipinski definition) is 1. The van der Waals surface area contributed by atoms with Crippen molar-refractivity contribution in [1.82, 2.24) is 5.32 Å². The molecule has 0 spiro atoms. The number of carbonyl (C=O) groups is 3. The van der Waals surface area contributed by atoms with E-state index in [9.17, 15) is 14.4 Å². The first-order valence-electron chi connectivity index (χ1n) is 13.7. The third-order valence-electron chi connectivity index (χ3n) is 8.56. The van der Waals surface area contributed by atoms with Gasteiger partial charge in [-0.25, -0.2) is 4.79 Å². The molecule has 208 valence electrons. The van der Waals surface area contributed by atoms with Crippen LogP contribution in [0.25, 0.3) is 0 Å². The highest BCUT2D eigenvalue weighted by molar-refractivity contribution is 5.94. The number of rotatable bonds is 10. The molecule has 4 bridgehead atoms. The number of nitrogens with one attached hydrogen (secondary N) is 1. The number of methoxy groups -OCH3 is 2. The summed E-state index contributed by atoms with van der Waals surface area (Å²) in [7, 11) is 3.02. The van der Waals surface area contributed by atoms with E-state index < -0.39 is 12.1 Å². The van der Waals surface area contributed by atoms with Crippen LogP contribution in [0.15, 0.2) is 36.4 Å². The van der Waals surface area contributed by atoms with Crippen LogP contribution in [0.2, 0.25) is 0 Å². The molecule has 4 saturated carbocycles. The molecule has 8 heteroatoms. The maximum Gasteiger partial charge on any atom is 0.339 e. The first-order valence-corrected chi connectivity index (χ1v) is 13.7. The molecule has 1 atom stereocenters. The van der Waals surface area contributed by atoms with Gasteiger partial charge in [0.2, 0.25) is 0 Å². The summed E-state index contributed by atoms with van der Waals surface area (Å²) in [5.41, 5.74) is 1.44. The fourth-order valence-electron chi connectivity index (χ4n) is 7.06. The summed E-state index contributed by atoms with van der Waals surface area (Å²) < 4.78 is 22.4. The molecule has 0 heterocycles. The molecule has 4 aliphatic carbocycles. The van der Waals surface area contributed by atoms with Crippen LogP contribution < -0.4 is 19.5 Å². The third-order valence-corrected chi connectivity index (χ3v) is 8.56. The van der Waals surface area contributed by atoms with Crippen molar-refractivity contribution in [3.8, 4) is 17.2 Å². The summed E-state index contributed by atoms with van der Waals surface area (Å²) in [6, 6.07) is 9.94. The van der Waals surface area contributed by atoms with Crippen LogP contribution >= 0.6 is 0 Å². The predicted molar refractivity (Wildman–Crippen MR) is 144 cm³/mol. The van der Waals surface area contributed by atoms with Gasteiger partial charge >= 0.3 is 5.97 Å². The van der Waals surface area contributed by atoms with Crippen LogP contribution in [0.5, 0.6) is 17.2 Å². The zero-order chi connectivity index (χ0) is 27.7. The maximum atomic E-state index is 13.0. The van der Waals surface area contributed by atoms with E-state index in [-0.39, 0.29) is 29.4 Å². The Morgan fingerprint density at radius 1 is 0.872 bits per heavy atom. The quantitative estimate of drug-likeness (QED) is 0.333. The largest absolute Gasteiger partial charge is 0.496 e. The fourth-order valence-corrected chi connectivity index (χ4v) is 7.06. The van der Waals surface area contributed by atoms with Crippen molar-refractivity contribution < 1.29 is 33.3 Å². The van der Waals surface area contributed by atoms with Crippen molar-refractivity contribution >= 4 is 17.7 Å². The van der Waals surface area contributed by atoms with Crippen molar-refractivity contribution in [2.24, 2.45) is 17.8 Å². The van der Waals surface area contributed by atoms with E-state index in [0.29, 0.717) is 40.6 Å². The van der Waals surface area contributed by atoms with E-state index in [1.54, 1.807) is 37.3 Å². The fraction of sp³-hybridized carbons (Fsp3) is 0.516. The van der Waals surface area contributed by atoms with Crippen LogP contribution in [-0.2, 0) is 16.1 Å². The number of Topliss-reactive ketones (excluding diaryl/α,β-unsaturated/α-hetero) is 1. The number of ether oxygens (including phenoxy) is 4. The minimum Gasteiger partial charge on any atom is -0.496 e. The van der Waals surface area contributed by atoms with Gasteiger partial charge < -0.3 is 24.3 Å². The first kappa shape index (κ1) is 27.0. The summed E-state index contributed by atoms with van der Waals surface area (Å²) in [5, 5.41) is 3.27. The summed E-state index contributed by atoms with van der Waals surface area (Å²) >= 11 is 0. The van der Waals surface area contributed by atoms with Crippen molar-refractivity contribution in [1.29, 1.82) is 0 Å². The molecule has 0 aromatic heterocycles. The Morgan fingerprint density at radius 2 is 1.46 bits per heavy atom. The molecular formula is C31H37NO7. The van der Waals surface area contributed by atoms with E-state index >= 15 is 0 Å². The Kier molecular flexibility index (Phi) is 7.56. The van der Waals surface area contributed by atoms with E-state index in [0.717, 1.165) is 24.8 Å². The Balaban J connectivity index is 1.20. The SMILES string of the molecule is COc1cc(C(C)=O)ccc1COc1ccc(C(=O)O[C@@H](C)C(=O)NC23CC4CC(CC(C4)C2)C3)cc1OC. The van der Waals surface area contributed by atoms with Gasteiger partial charge in [0.05, 0.1) is 19.8 Å². The van der Waals surface area contributed by atoms with Crippen molar-refractivity contribution in [2.75, 3.05) is 14.2 Å². The summed E-state index contributed by atoms with van der Waals surface area (Å²) in [6.07, 6.45) is 6.09. The zero-order valence-electron chi connectivity index (χ0n) is 23.1. The second-order valence-corrected chi connectivity index (χ2v) is 11.5. The molecule has 0 aliphatic heterocycles. The Morgan fingerprint density at radius 3 is 2.05 bits per heavy atom. The third kappa shape index (κ3) is 5.75. The molecule has 1 amide bonds. The first-order chi connectivity index (χ1) is 18.7. The van der Waals surface area contributed by atoms with Gasteiger partial charge in [0.25, 0.3) is 5.91 Å². The smallest absolute Gasteiger partial charge is 0.339 e. The van der Waals surface area contributed by atoms with E-state index in [1.807, 2.05) is 0 Å². The highest BCUT2D eigenvalue weighted by Gasteiger charge is 2.51. The average molecular weight is 536 g/mol. The molecule has 1 N–H and O–H groups in total. The van der Waals surface area contributed by atoms with Gasteiger partial charge in [-0.3, -0.25) is 9.59 Å². The Bertz CT molecular complexity index is 1230. The van der Waals surface area contributed by atoms with Crippen LogP contribution in [0.1, 0.15) is 78.7 Å². The van der Waals surface area contributed by atoms with E-state index in [4.69, 9.17) is 18.9 Å². The zero-order valence-corrected chi connectivity index (χ0v) is 23.1. The summed E-state index contributed by atoms with van der Waals surface area (Å²) in [4.78, 5) is 37.6. The standard InChI is InChI=1S/C31H37NO7/c1-18(33)23-5-6-25(27(12-23)36-3)17-38-26-8-7-24(13-28(26)37-4)30(35)39-19(2)29(34)32-31-14-20-9-21(15-31)11-22(10-20)16-31/h5-8,12-13,19-22H,9-11,14-17H2,1-4H3,(H,32,34)/t19-,20?,21?,22?,31?/m0/s1.